The highest BCUT2D eigenvalue weighted by molar-refractivity contribution is 7.89. The predicted octanol–water partition coefficient (Wildman–Crippen LogP) is 2.14. The molecule has 0 spiro atoms. The van der Waals surface area contributed by atoms with Crippen molar-refractivity contribution >= 4 is 22.4 Å². The van der Waals surface area contributed by atoms with Crippen molar-refractivity contribution < 1.29 is 21.6 Å². The number of benzene rings is 1. The Labute approximate surface area is 122 Å². The number of hydrogen-bond acceptors (Lipinski definition) is 3. The summed E-state index contributed by atoms with van der Waals surface area (Å²) in [6.07, 6.45) is -3.63. The van der Waals surface area contributed by atoms with E-state index in [1.807, 2.05) is 0 Å². The van der Waals surface area contributed by atoms with Gasteiger partial charge in [0.2, 0.25) is 10.0 Å². The fourth-order valence-electron chi connectivity index (χ4n) is 1.49. The van der Waals surface area contributed by atoms with Gasteiger partial charge in [0.15, 0.2) is 0 Å². The van der Waals surface area contributed by atoms with E-state index in [9.17, 15) is 21.6 Å². The second kappa shape index (κ2) is 7.82. The number of rotatable bonds is 6. The van der Waals surface area contributed by atoms with Crippen LogP contribution in [-0.2, 0) is 16.2 Å². The van der Waals surface area contributed by atoms with Crippen molar-refractivity contribution in [2.75, 3.05) is 13.1 Å². The summed E-state index contributed by atoms with van der Waals surface area (Å²) in [7, 11) is -4.17. The van der Waals surface area contributed by atoms with Crippen molar-refractivity contribution in [2.24, 2.45) is 5.73 Å². The average Bonchev–Trinajstić information content (AvgIpc) is 2.34. The van der Waals surface area contributed by atoms with Gasteiger partial charge in [0, 0.05) is 6.54 Å². The first-order valence-electron chi connectivity index (χ1n) is 5.65. The number of unbranched alkanes of at least 4 members (excludes halogenated alkanes) is 1. The zero-order valence-corrected chi connectivity index (χ0v) is 12.1. The van der Waals surface area contributed by atoms with Crippen molar-refractivity contribution in [3.8, 4) is 0 Å². The summed E-state index contributed by atoms with van der Waals surface area (Å²) in [5.41, 5.74) is 4.08. The zero-order chi connectivity index (χ0) is 14.5. The topological polar surface area (TPSA) is 72.2 Å². The lowest BCUT2D eigenvalue weighted by Crippen LogP contribution is -2.27. The van der Waals surface area contributed by atoms with Crippen LogP contribution in [0.25, 0.3) is 0 Å². The highest BCUT2D eigenvalue weighted by Crippen LogP contribution is 2.33. The predicted molar refractivity (Wildman–Crippen MR) is 72.2 cm³/mol. The second-order valence-electron chi connectivity index (χ2n) is 3.89. The Morgan fingerprint density at radius 1 is 1.15 bits per heavy atom. The number of nitrogens with one attached hydrogen (secondary N) is 1. The third kappa shape index (κ3) is 5.28. The molecule has 0 aliphatic rings. The minimum absolute atomic E-state index is 0. The molecule has 1 aromatic carbocycles. The summed E-state index contributed by atoms with van der Waals surface area (Å²) in [6.45, 7) is 0.465. The minimum atomic E-state index is -4.71. The quantitative estimate of drug-likeness (QED) is 0.784. The van der Waals surface area contributed by atoms with Crippen LogP contribution in [0.15, 0.2) is 29.2 Å². The van der Waals surface area contributed by atoms with Gasteiger partial charge < -0.3 is 5.73 Å². The Hall–Kier alpha value is -0.830. The highest BCUT2D eigenvalue weighted by atomic mass is 35.5. The average molecular weight is 333 g/mol. The van der Waals surface area contributed by atoms with Gasteiger partial charge in [0.05, 0.1) is 10.5 Å². The van der Waals surface area contributed by atoms with Gasteiger partial charge in [-0.25, -0.2) is 13.1 Å². The molecule has 0 aliphatic carbocycles. The van der Waals surface area contributed by atoms with Gasteiger partial charge in [-0.3, -0.25) is 0 Å². The molecule has 0 bridgehead atoms. The molecule has 0 aliphatic heterocycles. The van der Waals surface area contributed by atoms with E-state index in [1.165, 1.54) is 6.07 Å². The second-order valence-corrected chi connectivity index (χ2v) is 5.62. The van der Waals surface area contributed by atoms with Crippen LogP contribution < -0.4 is 10.5 Å². The maximum atomic E-state index is 12.7. The van der Waals surface area contributed by atoms with E-state index in [1.54, 1.807) is 0 Å². The first-order valence-corrected chi connectivity index (χ1v) is 7.13. The van der Waals surface area contributed by atoms with Crippen molar-refractivity contribution in [2.45, 2.75) is 23.9 Å². The molecule has 0 radical (unpaired) electrons. The molecular formula is C11H16ClF3N2O2S. The Balaban J connectivity index is 0.00000361. The number of alkyl halides is 3. The summed E-state index contributed by atoms with van der Waals surface area (Å²) < 4.78 is 63.9. The summed E-state index contributed by atoms with van der Waals surface area (Å²) in [5.74, 6) is 0. The smallest absolute Gasteiger partial charge is 0.330 e. The molecule has 1 aromatic rings. The molecule has 0 amide bonds. The van der Waals surface area contributed by atoms with Gasteiger partial charge in [0.1, 0.15) is 0 Å². The van der Waals surface area contributed by atoms with E-state index in [0.717, 1.165) is 18.2 Å². The maximum absolute atomic E-state index is 12.7. The summed E-state index contributed by atoms with van der Waals surface area (Å²) in [4.78, 5) is -0.754. The number of hydrogen-bond donors (Lipinski definition) is 2. The number of sulfonamides is 1. The van der Waals surface area contributed by atoms with Gasteiger partial charge >= 0.3 is 6.18 Å². The molecule has 3 N–H and O–H groups in total. The molecule has 4 nitrogen and oxygen atoms in total. The maximum Gasteiger partial charge on any atom is 0.417 e. The van der Waals surface area contributed by atoms with Crippen LogP contribution in [0.2, 0.25) is 0 Å². The molecule has 1 rings (SSSR count). The van der Waals surface area contributed by atoms with E-state index in [-0.39, 0.29) is 19.0 Å². The van der Waals surface area contributed by atoms with Gasteiger partial charge in [-0.15, -0.1) is 12.4 Å². The lowest BCUT2D eigenvalue weighted by atomic mass is 10.2. The Kier molecular flexibility index (Phi) is 7.50. The molecule has 0 atom stereocenters. The van der Waals surface area contributed by atoms with Crippen molar-refractivity contribution in [1.29, 1.82) is 0 Å². The summed E-state index contributed by atoms with van der Waals surface area (Å²) in [6, 6.07) is 4.09. The Morgan fingerprint density at radius 2 is 1.75 bits per heavy atom. The Bertz CT molecular complexity index is 521. The fourth-order valence-corrected chi connectivity index (χ4v) is 2.79. The summed E-state index contributed by atoms with van der Waals surface area (Å²) >= 11 is 0. The molecule has 20 heavy (non-hydrogen) atoms. The normalized spacial score (nSPS) is 12.0. The lowest BCUT2D eigenvalue weighted by Gasteiger charge is -2.13. The van der Waals surface area contributed by atoms with Crippen molar-refractivity contribution in [3.63, 3.8) is 0 Å². The monoisotopic (exact) mass is 332 g/mol. The highest BCUT2D eigenvalue weighted by Gasteiger charge is 2.36. The molecule has 0 fully saturated rings. The van der Waals surface area contributed by atoms with Gasteiger partial charge in [-0.05, 0) is 31.5 Å². The first-order chi connectivity index (χ1) is 8.79. The molecule has 0 heterocycles. The van der Waals surface area contributed by atoms with Crippen LogP contribution in [0.3, 0.4) is 0 Å². The largest absolute Gasteiger partial charge is 0.417 e. The third-order valence-electron chi connectivity index (χ3n) is 2.40. The van der Waals surface area contributed by atoms with E-state index in [0.29, 0.717) is 19.4 Å². The molecule has 9 heteroatoms. The van der Waals surface area contributed by atoms with Crippen molar-refractivity contribution in [1.82, 2.24) is 4.72 Å². The van der Waals surface area contributed by atoms with Crippen LogP contribution in [0, 0.1) is 0 Å². The van der Waals surface area contributed by atoms with E-state index >= 15 is 0 Å². The zero-order valence-electron chi connectivity index (χ0n) is 10.5. The van der Waals surface area contributed by atoms with E-state index in [4.69, 9.17) is 5.73 Å². The summed E-state index contributed by atoms with van der Waals surface area (Å²) in [5, 5.41) is 0. The molecule has 116 valence electrons. The number of halogens is 4. The molecular weight excluding hydrogens is 317 g/mol. The third-order valence-corrected chi connectivity index (χ3v) is 3.92. The van der Waals surface area contributed by atoms with Crippen LogP contribution in [0.1, 0.15) is 18.4 Å². The van der Waals surface area contributed by atoms with Crippen molar-refractivity contribution in [3.05, 3.63) is 29.8 Å². The molecule has 0 unspecified atom stereocenters. The van der Waals surface area contributed by atoms with Crippen LogP contribution in [0.5, 0.6) is 0 Å². The van der Waals surface area contributed by atoms with E-state index in [2.05, 4.69) is 4.72 Å². The molecule has 0 saturated heterocycles. The van der Waals surface area contributed by atoms with Crippen LogP contribution in [-0.4, -0.2) is 21.5 Å². The minimum Gasteiger partial charge on any atom is -0.330 e. The van der Waals surface area contributed by atoms with Gasteiger partial charge in [-0.1, -0.05) is 12.1 Å². The SMILES string of the molecule is Cl.NCCCCNS(=O)(=O)c1ccccc1C(F)(F)F. The number of nitrogens with two attached hydrogens (primary N) is 1. The van der Waals surface area contributed by atoms with Gasteiger partial charge in [-0.2, -0.15) is 13.2 Å². The fraction of sp³-hybridized carbons (Fsp3) is 0.455. The van der Waals surface area contributed by atoms with E-state index < -0.39 is 26.7 Å². The van der Waals surface area contributed by atoms with Crippen LogP contribution >= 0.6 is 12.4 Å². The molecule has 0 saturated carbocycles. The lowest BCUT2D eigenvalue weighted by molar-refractivity contribution is -0.139. The van der Waals surface area contributed by atoms with Crippen LogP contribution in [0.4, 0.5) is 13.2 Å². The Morgan fingerprint density at radius 3 is 2.30 bits per heavy atom. The standard InChI is InChI=1S/C11H15F3N2O2S.ClH/c12-11(13,14)9-5-1-2-6-10(9)19(17,18)16-8-4-3-7-15;/h1-2,5-6,16H,3-4,7-8,15H2;1H. The first kappa shape index (κ1) is 19.2. The van der Waals surface area contributed by atoms with Gasteiger partial charge in [0.25, 0.3) is 0 Å². The molecule has 0 aromatic heterocycles.